The van der Waals surface area contributed by atoms with Crippen molar-refractivity contribution in [3.63, 3.8) is 0 Å². The van der Waals surface area contributed by atoms with Gasteiger partial charge >= 0.3 is 0 Å². The standard InChI is InChI=1S/C15H22F2N2S/c1-3-11(2)12-10-19(9-8-18-12)13-6-4-5-7-14(13)20-15(16)17/h4-7,11-12,15,18H,3,8-10H2,1-2H3. The molecule has 2 nitrogen and oxygen atoms in total. The Labute approximate surface area is 123 Å². The Morgan fingerprint density at radius 2 is 2.15 bits per heavy atom. The number of hydrogen-bond acceptors (Lipinski definition) is 3. The second kappa shape index (κ2) is 7.27. The number of rotatable bonds is 5. The first-order valence-corrected chi connectivity index (χ1v) is 8.02. The van der Waals surface area contributed by atoms with E-state index in [1.807, 2.05) is 18.2 Å². The number of halogens is 2. The quantitative estimate of drug-likeness (QED) is 0.832. The van der Waals surface area contributed by atoms with Crippen molar-refractivity contribution in [2.45, 2.75) is 37.0 Å². The van der Waals surface area contributed by atoms with Gasteiger partial charge in [-0.05, 0) is 18.1 Å². The summed E-state index contributed by atoms with van der Waals surface area (Å²) >= 11 is 0.639. The molecule has 0 radical (unpaired) electrons. The first kappa shape index (κ1) is 15.6. The topological polar surface area (TPSA) is 15.3 Å². The molecule has 1 aliphatic heterocycles. The number of alkyl halides is 2. The van der Waals surface area contributed by atoms with E-state index in [0.29, 0.717) is 28.6 Å². The van der Waals surface area contributed by atoms with E-state index in [9.17, 15) is 8.78 Å². The van der Waals surface area contributed by atoms with E-state index in [1.54, 1.807) is 6.07 Å². The maximum absolute atomic E-state index is 12.7. The van der Waals surface area contributed by atoms with Gasteiger partial charge in [-0.15, -0.1) is 0 Å². The van der Waals surface area contributed by atoms with Gasteiger partial charge in [-0.25, -0.2) is 0 Å². The molecular weight excluding hydrogens is 278 g/mol. The summed E-state index contributed by atoms with van der Waals surface area (Å²) in [6, 6.07) is 7.91. The molecule has 1 saturated heterocycles. The normalized spacial score (nSPS) is 21.2. The molecule has 2 unspecified atom stereocenters. The molecule has 0 saturated carbocycles. The summed E-state index contributed by atoms with van der Waals surface area (Å²) in [7, 11) is 0. The fourth-order valence-electron chi connectivity index (χ4n) is 2.58. The zero-order chi connectivity index (χ0) is 14.5. The van der Waals surface area contributed by atoms with Crippen LogP contribution in [0, 0.1) is 5.92 Å². The maximum atomic E-state index is 12.7. The molecule has 1 aromatic carbocycles. The number of benzene rings is 1. The highest BCUT2D eigenvalue weighted by molar-refractivity contribution is 7.99. The Kier molecular flexibility index (Phi) is 5.66. The van der Waals surface area contributed by atoms with Crippen molar-refractivity contribution in [3.8, 4) is 0 Å². The Morgan fingerprint density at radius 3 is 2.85 bits per heavy atom. The van der Waals surface area contributed by atoms with Crippen molar-refractivity contribution in [2.24, 2.45) is 5.92 Å². The number of nitrogens with one attached hydrogen (secondary N) is 1. The summed E-state index contributed by atoms with van der Waals surface area (Å²) in [5.74, 6) is -1.78. The van der Waals surface area contributed by atoms with Gasteiger partial charge in [0.2, 0.25) is 0 Å². The van der Waals surface area contributed by atoms with E-state index in [4.69, 9.17) is 0 Å². The number of hydrogen-bond donors (Lipinski definition) is 1. The Morgan fingerprint density at radius 1 is 1.40 bits per heavy atom. The van der Waals surface area contributed by atoms with Gasteiger partial charge in [0.1, 0.15) is 0 Å². The predicted molar refractivity (Wildman–Crippen MR) is 81.8 cm³/mol. The minimum absolute atomic E-state index is 0.429. The van der Waals surface area contributed by atoms with Gasteiger partial charge in [0, 0.05) is 30.6 Å². The van der Waals surface area contributed by atoms with E-state index < -0.39 is 5.76 Å². The largest absolute Gasteiger partial charge is 0.368 e. The number of anilines is 1. The smallest absolute Gasteiger partial charge is 0.288 e. The molecule has 1 aromatic rings. The van der Waals surface area contributed by atoms with Crippen molar-refractivity contribution in [1.82, 2.24) is 5.32 Å². The lowest BCUT2D eigenvalue weighted by Gasteiger charge is -2.38. The molecule has 1 aliphatic rings. The minimum Gasteiger partial charge on any atom is -0.368 e. The van der Waals surface area contributed by atoms with Crippen LogP contribution >= 0.6 is 11.8 Å². The highest BCUT2D eigenvalue weighted by Crippen LogP contribution is 2.34. The van der Waals surface area contributed by atoms with Gasteiger partial charge in [-0.1, -0.05) is 44.2 Å². The lowest BCUT2D eigenvalue weighted by Crippen LogP contribution is -2.53. The Hall–Kier alpha value is -0.810. The molecule has 1 N–H and O–H groups in total. The average molecular weight is 300 g/mol. The van der Waals surface area contributed by atoms with Crippen LogP contribution in [-0.2, 0) is 0 Å². The fourth-order valence-corrected chi connectivity index (χ4v) is 3.24. The SMILES string of the molecule is CCC(C)C1CN(c2ccccc2SC(F)F)CCN1. The minimum atomic E-state index is -2.37. The highest BCUT2D eigenvalue weighted by Gasteiger charge is 2.25. The van der Waals surface area contributed by atoms with E-state index in [0.717, 1.165) is 31.7 Å². The van der Waals surface area contributed by atoms with Crippen molar-refractivity contribution in [3.05, 3.63) is 24.3 Å². The van der Waals surface area contributed by atoms with Crippen molar-refractivity contribution < 1.29 is 8.78 Å². The third-order valence-electron chi connectivity index (χ3n) is 3.96. The van der Waals surface area contributed by atoms with E-state index >= 15 is 0 Å². The zero-order valence-electron chi connectivity index (χ0n) is 12.0. The summed E-state index contributed by atoms with van der Waals surface area (Å²) in [5, 5.41) is 3.53. The van der Waals surface area contributed by atoms with E-state index in [1.165, 1.54) is 0 Å². The van der Waals surface area contributed by atoms with Gasteiger partial charge in [-0.2, -0.15) is 8.78 Å². The van der Waals surface area contributed by atoms with Crippen molar-refractivity contribution in [1.29, 1.82) is 0 Å². The molecular formula is C15H22F2N2S. The summed E-state index contributed by atoms with van der Waals surface area (Å²) in [6.07, 6.45) is 1.12. The van der Waals surface area contributed by atoms with Gasteiger partial charge in [-0.3, -0.25) is 0 Å². The number of para-hydroxylation sites is 1. The Balaban J connectivity index is 2.14. The van der Waals surface area contributed by atoms with Crippen molar-refractivity contribution in [2.75, 3.05) is 24.5 Å². The molecule has 0 spiro atoms. The second-order valence-electron chi connectivity index (χ2n) is 5.24. The van der Waals surface area contributed by atoms with Crippen LogP contribution < -0.4 is 10.2 Å². The first-order chi connectivity index (χ1) is 9.61. The monoisotopic (exact) mass is 300 g/mol. The third kappa shape index (κ3) is 3.85. The summed E-state index contributed by atoms with van der Waals surface area (Å²) < 4.78 is 25.3. The molecule has 112 valence electrons. The summed E-state index contributed by atoms with van der Waals surface area (Å²) in [6.45, 7) is 7.08. The average Bonchev–Trinajstić information content (AvgIpc) is 2.46. The molecule has 2 atom stereocenters. The van der Waals surface area contributed by atoms with E-state index in [2.05, 4.69) is 24.1 Å². The summed E-state index contributed by atoms with van der Waals surface area (Å²) in [4.78, 5) is 2.91. The van der Waals surface area contributed by atoms with Crippen LogP contribution in [0.3, 0.4) is 0 Å². The molecule has 0 aromatic heterocycles. The van der Waals surface area contributed by atoms with Crippen LogP contribution in [0.1, 0.15) is 20.3 Å². The fraction of sp³-hybridized carbons (Fsp3) is 0.600. The zero-order valence-corrected chi connectivity index (χ0v) is 12.8. The van der Waals surface area contributed by atoms with Crippen LogP contribution in [0.25, 0.3) is 0 Å². The second-order valence-corrected chi connectivity index (χ2v) is 6.27. The van der Waals surface area contributed by atoms with Crippen LogP contribution in [0.4, 0.5) is 14.5 Å². The molecule has 1 fully saturated rings. The lowest BCUT2D eigenvalue weighted by molar-refractivity contribution is 0.252. The van der Waals surface area contributed by atoms with Gasteiger partial charge in [0.05, 0.1) is 5.69 Å². The lowest BCUT2D eigenvalue weighted by atomic mass is 9.97. The number of nitrogens with zero attached hydrogens (tertiary/aromatic N) is 1. The highest BCUT2D eigenvalue weighted by atomic mass is 32.2. The van der Waals surface area contributed by atoms with Crippen LogP contribution in [0.2, 0.25) is 0 Å². The van der Waals surface area contributed by atoms with Crippen LogP contribution in [-0.4, -0.2) is 31.4 Å². The van der Waals surface area contributed by atoms with Gasteiger partial charge < -0.3 is 10.2 Å². The Bertz CT molecular complexity index is 428. The summed E-state index contributed by atoms with van der Waals surface area (Å²) in [5.41, 5.74) is 0.938. The molecule has 5 heteroatoms. The molecule has 2 rings (SSSR count). The predicted octanol–water partition coefficient (Wildman–Crippen LogP) is 3.83. The molecule has 0 amide bonds. The van der Waals surface area contributed by atoms with Gasteiger partial charge in [0.25, 0.3) is 5.76 Å². The molecule has 1 heterocycles. The number of piperazine rings is 1. The van der Waals surface area contributed by atoms with Crippen LogP contribution in [0.5, 0.6) is 0 Å². The molecule has 0 aliphatic carbocycles. The molecule has 20 heavy (non-hydrogen) atoms. The van der Waals surface area contributed by atoms with E-state index in [-0.39, 0.29) is 0 Å². The third-order valence-corrected chi connectivity index (χ3v) is 4.74. The first-order valence-electron chi connectivity index (χ1n) is 7.14. The van der Waals surface area contributed by atoms with Crippen molar-refractivity contribution >= 4 is 17.4 Å². The maximum Gasteiger partial charge on any atom is 0.288 e. The molecule has 0 bridgehead atoms. The number of thioether (sulfide) groups is 1. The van der Waals surface area contributed by atoms with Gasteiger partial charge in [0.15, 0.2) is 0 Å². The van der Waals surface area contributed by atoms with Crippen LogP contribution in [0.15, 0.2) is 29.2 Å².